The fourth-order valence-electron chi connectivity index (χ4n) is 1.45. The molecule has 1 atom stereocenters. The lowest BCUT2D eigenvalue weighted by Crippen LogP contribution is -2.33. The van der Waals surface area contributed by atoms with E-state index >= 15 is 0 Å². The molecule has 0 radical (unpaired) electrons. The first-order valence-corrected chi connectivity index (χ1v) is 6.39. The number of rotatable bonds is 4. The van der Waals surface area contributed by atoms with Crippen LogP contribution in [0.25, 0.3) is 0 Å². The molecule has 0 heterocycles. The molecule has 1 aromatic rings. The molecular weight excluding hydrogens is 315 g/mol. The summed E-state index contributed by atoms with van der Waals surface area (Å²) in [6, 6.07) is 7.72. The van der Waals surface area contributed by atoms with Gasteiger partial charge in [0.25, 0.3) is 0 Å². The van der Waals surface area contributed by atoms with E-state index in [4.69, 9.17) is 5.73 Å². The number of hydrogen-bond donors (Lipinski definition) is 2. The van der Waals surface area contributed by atoms with Crippen molar-refractivity contribution in [3.8, 4) is 0 Å². The SMILES string of the molecule is CC(C)C(CN)C(=O)Nc1ccc(I)cc1. The van der Waals surface area contributed by atoms with E-state index in [1.165, 1.54) is 0 Å². The fraction of sp³-hybridized carbons (Fsp3) is 0.417. The van der Waals surface area contributed by atoms with Gasteiger partial charge in [-0.05, 0) is 52.8 Å². The normalized spacial score (nSPS) is 12.6. The summed E-state index contributed by atoms with van der Waals surface area (Å²) in [5, 5.41) is 2.88. The van der Waals surface area contributed by atoms with Crippen molar-refractivity contribution in [3.63, 3.8) is 0 Å². The van der Waals surface area contributed by atoms with Crippen LogP contribution in [0.2, 0.25) is 0 Å². The number of benzene rings is 1. The molecule has 0 bridgehead atoms. The Hall–Kier alpha value is -0.620. The zero-order chi connectivity index (χ0) is 12.1. The summed E-state index contributed by atoms with van der Waals surface area (Å²) in [6.45, 7) is 4.39. The highest BCUT2D eigenvalue weighted by atomic mass is 127. The molecule has 1 aromatic carbocycles. The monoisotopic (exact) mass is 332 g/mol. The molecule has 0 fully saturated rings. The molecule has 1 amide bonds. The Morgan fingerprint density at radius 2 is 1.94 bits per heavy atom. The van der Waals surface area contributed by atoms with Crippen molar-refractivity contribution in [2.75, 3.05) is 11.9 Å². The van der Waals surface area contributed by atoms with Crippen molar-refractivity contribution in [3.05, 3.63) is 27.8 Å². The van der Waals surface area contributed by atoms with Crippen LogP contribution in [0, 0.1) is 15.4 Å². The van der Waals surface area contributed by atoms with Crippen LogP contribution in [0.4, 0.5) is 5.69 Å². The number of carbonyl (C=O) groups excluding carboxylic acids is 1. The third-order valence-corrected chi connectivity index (χ3v) is 3.23. The van der Waals surface area contributed by atoms with Crippen molar-refractivity contribution in [2.45, 2.75) is 13.8 Å². The van der Waals surface area contributed by atoms with Gasteiger partial charge in [-0.3, -0.25) is 4.79 Å². The van der Waals surface area contributed by atoms with Gasteiger partial charge in [-0.2, -0.15) is 0 Å². The number of amides is 1. The van der Waals surface area contributed by atoms with Gasteiger partial charge in [-0.15, -0.1) is 0 Å². The van der Waals surface area contributed by atoms with E-state index in [9.17, 15) is 4.79 Å². The molecular formula is C12H17IN2O. The highest BCUT2D eigenvalue weighted by Crippen LogP contribution is 2.15. The van der Waals surface area contributed by atoms with Gasteiger partial charge in [-0.1, -0.05) is 13.8 Å². The van der Waals surface area contributed by atoms with Gasteiger partial charge in [0.2, 0.25) is 5.91 Å². The third-order valence-electron chi connectivity index (χ3n) is 2.51. The highest BCUT2D eigenvalue weighted by molar-refractivity contribution is 14.1. The maximum absolute atomic E-state index is 11.9. The first-order valence-electron chi connectivity index (χ1n) is 5.31. The quantitative estimate of drug-likeness (QED) is 0.833. The largest absolute Gasteiger partial charge is 0.330 e. The van der Waals surface area contributed by atoms with Crippen molar-refractivity contribution >= 4 is 34.2 Å². The molecule has 3 N–H and O–H groups in total. The molecule has 1 rings (SSSR count). The molecule has 88 valence electrons. The number of hydrogen-bond acceptors (Lipinski definition) is 2. The van der Waals surface area contributed by atoms with Crippen molar-refractivity contribution in [2.24, 2.45) is 17.6 Å². The minimum atomic E-state index is -0.126. The Balaban J connectivity index is 2.66. The molecule has 0 saturated heterocycles. The summed E-state index contributed by atoms with van der Waals surface area (Å²) in [4.78, 5) is 11.9. The van der Waals surface area contributed by atoms with Crippen LogP contribution >= 0.6 is 22.6 Å². The van der Waals surface area contributed by atoms with Crippen molar-refractivity contribution in [1.29, 1.82) is 0 Å². The van der Waals surface area contributed by atoms with Gasteiger partial charge in [0.1, 0.15) is 0 Å². The lowest BCUT2D eigenvalue weighted by atomic mass is 9.95. The maximum Gasteiger partial charge on any atom is 0.229 e. The molecule has 4 heteroatoms. The Bertz CT molecular complexity index is 349. The number of nitrogens with two attached hydrogens (primary N) is 1. The van der Waals surface area contributed by atoms with Gasteiger partial charge in [0.05, 0.1) is 5.92 Å². The number of nitrogens with one attached hydrogen (secondary N) is 1. The summed E-state index contributed by atoms with van der Waals surface area (Å²) in [5.41, 5.74) is 6.41. The molecule has 0 saturated carbocycles. The number of halogens is 1. The average molecular weight is 332 g/mol. The van der Waals surface area contributed by atoms with Gasteiger partial charge < -0.3 is 11.1 Å². The van der Waals surface area contributed by atoms with E-state index in [-0.39, 0.29) is 17.7 Å². The Kier molecular flexibility index (Phi) is 5.21. The smallest absolute Gasteiger partial charge is 0.229 e. The maximum atomic E-state index is 11.9. The lowest BCUT2D eigenvalue weighted by molar-refractivity contribution is -0.120. The van der Waals surface area contributed by atoms with Crippen LogP contribution in [-0.4, -0.2) is 12.5 Å². The van der Waals surface area contributed by atoms with Crippen LogP contribution in [-0.2, 0) is 4.79 Å². The Morgan fingerprint density at radius 3 is 2.38 bits per heavy atom. The Labute approximate surface area is 110 Å². The minimum Gasteiger partial charge on any atom is -0.330 e. The van der Waals surface area contributed by atoms with Crippen LogP contribution in [0.15, 0.2) is 24.3 Å². The first-order chi connectivity index (χ1) is 7.54. The van der Waals surface area contributed by atoms with Crippen molar-refractivity contribution in [1.82, 2.24) is 0 Å². The van der Waals surface area contributed by atoms with E-state index in [0.717, 1.165) is 9.26 Å². The fourth-order valence-corrected chi connectivity index (χ4v) is 1.81. The van der Waals surface area contributed by atoms with Crippen molar-refractivity contribution < 1.29 is 4.79 Å². The van der Waals surface area contributed by atoms with Gasteiger partial charge in [-0.25, -0.2) is 0 Å². The second-order valence-electron chi connectivity index (χ2n) is 4.08. The lowest BCUT2D eigenvalue weighted by Gasteiger charge is -2.18. The molecule has 16 heavy (non-hydrogen) atoms. The summed E-state index contributed by atoms with van der Waals surface area (Å²) < 4.78 is 1.15. The molecule has 0 spiro atoms. The molecule has 0 aromatic heterocycles. The second kappa shape index (κ2) is 6.20. The molecule has 0 aliphatic rings. The summed E-state index contributed by atoms with van der Waals surface area (Å²) in [6.07, 6.45) is 0. The second-order valence-corrected chi connectivity index (χ2v) is 5.33. The minimum absolute atomic E-state index is 0.00120. The summed E-state index contributed by atoms with van der Waals surface area (Å²) >= 11 is 2.23. The topological polar surface area (TPSA) is 55.1 Å². The third kappa shape index (κ3) is 3.75. The number of anilines is 1. The first kappa shape index (κ1) is 13.4. The predicted octanol–water partition coefficient (Wildman–Crippen LogP) is 2.46. The zero-order valence-electron chi connectivity index (χ0n) is 9.53. The van der Waals surface area contributed by atoms with E-state index < -0.39 is 0 Å². The van der Waals surface area contributed by atoms with E-state index in [2.05, 4.69) is 27.9 Å². The van der Waals surface area contributed by atoms with Gasteiger partial charge >= 0.3 is 0 Å². The van der Waals surface area contributed by atoms with E-state index in [1.54, 1.807) is 0 Å². The standard InChI is InChI=1S/C12H17IN2O/c1-8(2)11(7-14)12(16)15-10-5-3-9(13)4-6-10/h3-6,8,11H,7,14H2,1-2H3,(H,15,16). The van der Waals surface area contributed by atoms with Crippen LogP contribution in [0.5, 0.6) is 0 Å². The van der Waals surface area contributed by atoms with Crippen LogP contribution < -0.4 is 11.1 Å². The van der Waals surface area contributed by atoms with E-state index in [1.807, 2.05) is 38.1 Å². The molecule has 1 unspecified atom stereocenters. The summed E-state index contributed by atoms with van der Waals surface area (Å²) in [7, 11) is 0. The predicted molar refractivity (Wildman–Crippen MR) is 75.2 cm³/mol. The average Bonchev–Trinajstić information content (AvgIpc) is 2.22. The summed E-state index contributed by atoms with van der Waals surface area (Å²) in [5.74, 6) is 0.131. The molecule has 0 aliphatic carbocycles. The molecule has 0 aliphatic heterocycles. The van der Waals surface area contributed by atoms with Gasteiger partial charge in [0.15, 0.2) is 0 Å². The highest BCUT2D eigenvalue weighted by Gasteiger charge is 2.20. The van der Waals surface area contributed by atoms with E-state index in [0.29, 0.717) is 6.54 Å². The number of carbonyl (C=O) groups is 1. The van der Waals surface area contributed by atoms with Gasteiger partial charge in [0, 0.05) is 15.8 Å². The van der Waals surface area contributed by atoms with Crippen LogP contribution in [0.1, 0.15) is 13.8 Å². The Morgan fingerprint density at radius 1 is 1.38 bits per heavy atom. The van der Waals surface area contributed by atoms with Crippen LogP contribution in [0.3, 0.4) is 0 Å². The zero-order valence-corrected chi connectivity index (χ0v) is 11.7. The molecule has 3 nitrogen and oxygen atoms in total.